The number of rotatable bonds is 3. The van der Waals surface area contributed by atoms with E-state index in [9.17, 15) is 9.59 Å². The Bertz CT molecular complexity index is 743. The Labute approximate surface area is 135 Å². The first-order valence-electron chi connectivity index (χ1n) is 7.64. The molecule has 2 aromatic rings. The molecule has 1 aromatic heterocycles. The van der Waals surface area contributed by atoms with E-state index in [-0.39, 0.29) is 24.2 Å². The van der Waals surface area contributed by atoms with Crippen molar-refractivity contribution in [3.63, 3.8) is 0 Å². The third-order valence-corrected chi connectivity index (χ3v) is 4.21. The van der Waals surface area contributed by atoms with Gasteiger partial charge in [0.05, 0.1) is 5.92 Å². The molecule has 1 fully saturated rings. The number of anilines is 2. The smallest absolute Gasteiger partial charge is 0.230 e. The minimum Gasteiger partial charge on any atom is -0.312 e. The number of aryl methyl sites for hydroxylation is 2. The van der Waals surface area contributed by atoms with E-state index in [0.717, 1.165) is 11.3 Å². The summed E-state index contributed by atoms with van der Waals surface area (Å²) in [4.78, 5) is 30.4. The third-order valence-electron chi connectivity index (χ3n) is 4.21. The predicted octanol–water partition coefficient (Wildman–Crippen LogP) is 2.69. The lowest BCUT2D eigenvalue weighted by atomic mass is 10.1. The molecule has 0 radical (unpaired) electrons. The molecule has 1 atom stereocenters. The van der Waals surface area contributed by atoms with Crippen LogP contribution in [0.15, 0.2) is 42.6 Å². The van der Waals surface area contributed by atoms with E-state index >= 15 is 0 Å². The number of pyridine rings is 1. The summed E-state index contributed by atoms with van der Waals surface area (Å²) in [6.45, 7) is 4.46. The van der Waals surface area contributed by atoms with Gasteiger partial charge in [-0.3, -0.25) is 9.59 Å². The molecule has 3 rings (SSSR count). The lowest BCUT2D eigenvalue weighted by Crippen LogP contribution is -2.28. The van der Waals surface area contributed by atoms with Gasteiger partial charge in [0.25, 0.3) is 0 Å². The Morgan fingerprint density at radius 3 is 2.74 bits per heavy atom. The fourth-order valence-corrected chi connectivity index (χ4v) is 2.69. The van der Waals surface area contributed by atoms with Gasteiger partial charge in [0, 0.05) is 24.8 Å². The van der Waals surface area contributed by atoms with Gasteiger partial charge in [0.1, 0.15) is 5.82 Å². The van der Waals surface area contributed by atoms with Gasteiger partial charge in [-0.05, 0) is 49.2 Å². The molecule has 0 spiro atoms. The maximum atomic E-state index is 12.3. The average Bonchev–Trinajstić information content (AvgIpc) is 2.93. The van der Waals surface area contributed by atoms with Crippen molar-refractivity contribution in [2.24, 2.45) is 5.92 Å². The van der Waals surface area contributed by atoms with Crippen LogP contribution in [0.5, 0.6) is 0 Å². The number of amides is 2. The third kappa shape index (κ3) is 3.23. The van der Waals surface area contributed by atoms with Crippen LogP contribution in [0.2, 0.25) is 0 Å². The molecular weight excluding hydrogens is 290 g/mol. The van der Waals surface area contributed by atoms with Gasteiger partial charge >= 0.3 is 0 Å². The highest BCUT2D eigenvalue weighted by atomic mass is 16.2. The quantitative estimate of drug-likeness (QED) is 0.948. The number of benzene rings is 1. The Hall–Kier alpha value is -2.69. The van der Waals surface area contributed by atoms with Crippen LogP contribution in [0.1, 0.15) is 17.5 Å². The molecule has 1 aliphatic heterocycles. The summed E-state index contributed by atoms with van der Waals surface area (Å²) in [7, 11) is 0. The van der Waals surface area contributed by atoms with Crippen molar-refractivity contribution in [1.29, 1.82) is 0 Å². The molecule has 2 amide bonds. The first-order chi connectivity index (χ1) is 11.0. The lowest BCUT2D eigenvalue weighted by Gasteiger charge is -2.18. The molecule has 1 aromatic carbocycles. The van der Waals surface area contributed by atoms with E-state index in [1.807, 2.05) is 38.1 Å². The van der Waals surface area contributed by atoms with Gasteiger partial charge in [-0.25, -0.2) is 4.98 Å². The summed E-state index contributed by atoms with van der Waals surface area (Å²) in [6, 6.07) is 11.3. The highest BCUT2D eigenvalue weighted by molar-refractivity contribution is 6.03. The number of aromatic nitrogens is 1. The monoisotopic (exact) mass is 309 g/mol. The van der Waals surface area contributed by atoms with Crippen LogP contribution in [-0.2, 0) is 9.59 Å². The Morgan fingerprint density at radius 2 is 2.04 bits per heavy atom. The number of hydrogen-bond acceptors (Lipinski definition) is 3. The molecule has 1 saturated heterocycles. The molecule has 1 N–H and O–H groups in total. The van der Waals surface area contributed by atoms with Gasteiger partial charge in [-0.2, -0.15) is 0 Å². The van der Waals surface area contributed by atoms with Crippen molar-refractivity contribution < 1.29 is 9.59 Å². The Morgan fingerprint density at radius 1 is 1.22 bits per heavy atom. The van der Waals surface area contributed by atoms with Crippen LogP contribution in [0.25, 0.3) is 0 Å². The van der Waals surface area contributed by atoms with Crippen molar-refractivity contribution in [1.82, 2.24) is 4.98 Å². The lowest BCUT2D eigenvalue weighted by molar-refractivity contribution is -0.122. The molecule has 118 valence electrons. The number of carbonyl (C=O) groups excluding carboxylic acids is 2. The van der Waals surface area contributed by atoms with Crippen LogP contribution >= 0.6 is 0 Å². The van der Waals surface area contributed by atoms with Gasteiger partial charge in [0.15, 0.2) is 0 Å². The van der Waals surface area contributed by atoms with E-state index in [1.165, 1.54) is 5.56 Å². The largest absolute Gasteiger partial charge is 0.312 e. The van der Waals surface area contributed by atoms with Crippen LogP contribution in [0, 0.1) is 19.8 Å². The second-order valence-corrected chi connectivity index (χ2v) is 5.88. The number of nitrogens with one attached hydrogen (secondary N) is 1. The zero-order valence-electron chi connectivity index (χ0n) is 13.2. The highest BCUT2D eigenvalue weighted by Gasteiger charge is 2.35. The van der Waals surface area contributed by atoms with Crippen molar-refractivity contribution >= 4 is 23.3 Å². The van der Waals surface area contributed by atoms with Gasteiger partial charge in [-0.15, -0.1) is 0 Å². The summed E-state index contributed by atoms with van der Waals surface area (Å²) < 4.78 is 0. The topological polar surface area (TPSA) is 62.3 Å². The van der Waals surface area contributed by atoms with Gasteiger partial charge in [-0.1, -0.05) is 12.1 Å². The normalized spacial score (nSPS) is 17.4. The fraction of sp³-hybridized carbons (Fsp3) is 0.278. The summed E-state index contributed by atoms with van der Waals surface area (Å²) in [5.41, 5.74) is 3.17. The molecule has 0 saturated carbocycles. The standard InChI is InChI=1S/C18H19N3O2/c1-12-6-7-15(9-13(12)2)21-11-14(10-17(21)22)18(23)20-16-5-3-4-8-19-16/h3-9,14H,10-11H2,1-2H3,(H,19,20,23)/t14-/m0/s1. The summed E-state index contributed by atoms with van der Waals surface area (Å²) >= 11 is 0. The molecule has 0 aliphatic carbocycles. The summed E-state index contributed by atoms with van der Waals surface area (Å²) in [5, 5.41) is 2.77. The van der Waals surface area contributed by atoms with Gasteiger partial charge < -0.3 is 10.2 Å². The molecular formula is C18H19N3O2. The maximum absolute atomic E-state index is 12.3. The summed E-state index contributed by atoms with van der Waals surface area (Å²) in [5.74, 6) is -0.0292. The van der Waals surface area contributed by atoms with E-state index in [2.05, 4.69) is 10.3 Å². The SMILES string of the molecule is Cc1ccc(N2C[C@@H](C(=O)Nc3ccccn3)CC2=O)cc1C. The first kappa shape index (κ1) is 15.2. The minimum atomic E-state index is -0.355. The average molecular weight is 309 g/mol. The zero-order chi connectivity index (χ0) is 16.4. The number of hydrogen-bond donors (Lipinski definition) is 1. The molecule has 0 unspecified atom stereocenters. The molecule has 0 bridgehead atoms. The Kier molecular flexibility index (Phi) is 4.10. The minimum absolute atomic E-state index is 0.0191. The second-order valence-electron chi connectivity index (χ2n) is 5.88. The first-order valence-corrected chi connectivity index (χ1v) is 7.64. The number of nitrogens with zero attached hydrogens (tertiary/aromatic N) is 2. The molecule has 5 heteroatoms. The summed E-state index contributed by atoms with van der Waals surface area (Å²) in [6.07, 6.45) is 1.85. The predicted molar refractivity (Wildman–Crippen MR) is 89.2 cm³/mol. The second kappa shape index (κ2) is 6.20. The van der Waals surface area contributed by atoms with Crippen LogP contribution in [-0.4, -0.2) is 23.3 Å². The number of carbonyl (C=O) groups is 2. The fourth-order valence-electron chi connectivity index (χ4n) is 2.69. The van der Waals surface area contributed by atoms with Crippen LogP contribution < -0.4 is 10.2 Å². The molecule has 23 heavy (non-hydrogen) atoms. The van der Waals surface area contributed by atoms with E-state index < -0.39 is 0 Å². The highest BCUT2D eigenvalue weighted by Crippen LogP contribution is 2.27. The van der Waals surface area contributed by atoms with Gasteiger partial charge in [0.2, 0.25) is 11.8 Å². The van der Waals surface area contributed by atoms with Crippen molar-refractivity contribution in [2.75, 3.05) is 16.8 Å². The zero-order valence-corrected chi connectivity index (χ0v) is 13.2. The van der Waals surface area contributed by atoms with Crippen molar-refractivity contribution in [2.45, 2.75) is 20.3 Å². The van der Waals surface area contributed by atoms with Crippen molar-refractivity contribution in [3.8, 4) is 0 Å². The Balaban J connectivity index is 1.71. The van der Waals surface area contributed by atoms with E-state index in [0.29, 0.717) is 12.4 Å². The van der Waals surface area contributed by atoms with E-state index in [4.69, 9.17) is 0 Å². The van der Waals surface area contributed by atoms with Crippen molar-refractivity contribution in [3.05, 3.63) is 53.7 Å². The molecule has 2 heterocycles. The molecule has 1 aliphatic rings. The van der Waals surface area contributed by atoms with Crippen LogP contribution in [0.4, 0.5) is 11.5 Å². The van der Waals surface area contributed by atoms with Crippen LogP contribution in [0.3, 0.4) is 0 Å². The molecule has 5 nitrogen and oxygen atoms in total. The van der Waals surface area contributed by atoms with E-state index in [1.54, 1.807) is 23.2 Å². The maximum Gasteiger partial charge on any atom is 0.230 e.